The molecule has 0 bridgehead atoms. The van der Waals surface area contributed by atoms with Crippen LogP contribution in [0.3, 0.4) is 0 Å². The number of hydrogen-bond acceptors (Lipinski definition) is 4. The van der Waals surface area contributed by atoms with Gasteiger partial charge >= 0.3 is 12.4 Å². The first-order valence-corrected chi connectivity index (χ1v) is 18.0. The highest BCUT2D eigenvalue weighted by molar-refractivity contribution is 6.13. The maximum absolute atomic E-state index is 15.0. The monoisotopic (exact) mass is 779 g/mol. The number of methoxy groups -OCH3 is 2. The molecule has 11 heteroatoms. The van der Waals surface area contributed by atoms with Crippen molar-refractivity contribution in [2.24, 2.45) is 0 Å². The van der Waals surface area contributed by atoms with Crippen molar-refractivity contribution >= 4 is 28.4 Å². The molecule has 0 spiro atoms. The summed E-state index contributed by atoms with van der Waals surface area (Å²) in [6.45, 7) is 3.16. The van der Waals surface area contributed by atoms with Gasteiger partial charge in [-0.1, -0.05) is 80.6 Å². The molecule has 0 radical (unpaired) electrons. The van der Waals surface area contributed by atoms with Gasteiger partial charge in [-0.05, 0) is 82.2 Å². The highest BCUT2D eigenvalue weighted by Crippen LogP contribution is 2.61. The Morgan fingerprint density at radius 3 is 1.95 bits per heavy atom. The van der Waals surface area contributed by atoms with E-state index in [9.17, 15) is 18.0 Å². The highest BCUT2D eigenvalue weighted by Gasteiger charge is 2.50. The highest BCUT2D eigenvalue weighted by atomic mass is 19.4. The summed E-state index contributed by atoms with van der Waals surface area (Å²) in [7, 11) is 4.50. The molecular formula is C46H35F6NO4. The van der Waals surface area contributed by atoms with Gasteiger partial charge in [0.1, 0.15) is 17.2 Å². The molecule has 1 heterocycles. The first-order valence-electron chi connectivity index (χ1n) is 18.0. The van der Waals surface area contributed by atoms with Crippen LogP contribution in [-0.2, 0) is 23.4 Å². The molecule has 1 aliphatic heterocycles. The molecule has 0 saturated heterocycles. The molecule has 0 aromatic heterocycles. The number of halogens is 6. The van der Waals surface area contributed by atoms with Crippen LogP contribution in [0.15, 0.2) is 115 Å². The van der Waals surface area contributed by atoms with Crippen molar-refractivity contribution in [1.82, 2.24) is 0 Å². The first kappa shape index (κ1) is 37.7. The zero-order valence-corrected chi connectivity index (χ0v) is 31.4. The maximum Gasteiger partial charge on any atom is 0.416 e. The van der Waals surface area contributed by atoms with Crippen LogP contribution >= 0.6 is 0 Å². The fourth-order valence-corrected chi connectivity index (χ4v) is 8.42. The van der Waals surface area contributed by atoms with Crippen molar-refractivity contribution in [2.75, 3.05) is 26.2 Å². The number of rotatable bonds is 6. The maximum atomic E-state index is 15.0. The number of benzene rings is 6. The van der Waals surface area contributed by atoms with E-state index in [1.54, 1.807) is 81.6 Å². The number of carbonyl (C=O) groups excluding carboxylic acids is 1. The zero-order chi connectivity index (χ0) is 40.7. The molecule has 1 atom stereocenters. The standard InChI is InChI=1S/C46H35F6NO4/c1-43(2)39-34(22-29(45(47,48)49)23-35(39)46(50,51)52)38-32-24-36(53(3)42(54)26-12-8-6-9-13-26)37(56-5)25-33(32)41-31(40(38)43)20-21-44(57-41,27-14-10-7-11-15-27)28-16-18-30(55-4)19-17-28/h6-25H,1-5H3. The van der Waals surface area contributed by atoms with Crippen molar-refractivity contribution in [1.29, 1.82) is 0 Å². The second-order valence-corrected chi connectivity index (χ2v) is 14.6. The molecule has 8 rings (SSSR count). The molecule has 0 fully saturated rings. The zero-order valence-electron chi connectivity index (χ0n) is 31.4. The van der Waals surface area contributed by atoms with E-state index in [0.29, 0.717) is 33.4 Å². The van der Waals surface area contributed by atoms with E-state index in [4.69, 9.17) is 14.2 Å². The number of hydrogen-bond donors (Lipinski definition) is 0. The number of carbonyl (C=O) groups is 1. The molecular weight excluding hydrogens is 744 g/mol. The van der Waals surface area contributed by atoms with Crippen LogP contribution in [0.1, 0.15) is 63.1 Å². The smallest absolute Gasteiger partial charge is 0.416 e. The predicted molar refractivity (Wildman–Crippen MR) is 207 cm³/mol. The first-order chi connectivity index (χ1) is 27.0. The predicted octanol–water partition coefficient (Wildman–Crippen LogP) is 11.8. The molecule has 6 aromatic carbocycles. The summed E-state index contributed by atoms with van der Waals surface area (Å²) < 4.78 is 107. The van der Waals surface area contributed by atoms with Crippen LogP contribution in [0.4, 0.5) is 32.0 Å². The van der Waals surface area contributed by atoms with E-state index in [0.717, 1.165) is 11.6 Å². The Bertz CT molecular complexity index is 2600. The summed E-state index contributed by atoms with van der Waals surface area (Å²) in [5.41, 5.74) is -3.08. The molecule has 0 N–H and O–H groups in total. The van der Waals surface area contributed by atoms with Crippen molar-refractivity contribution in [2.45, 2.75) is 37.2 Å². The second-order valence-electron chi connectivity index (χ2n) is 14.6. The Morgan fingerprint density at radius 2 is 1.35 bits per heavy atom. The Balaban J connectivity index is 1.50. The van der Waals surface area contributed by atoms with E-state index < -0.39 is 40.4 Å². The molecule has 1 amide bonds. The van der Waals surface area contributed by atoms with Crippen LogP contribution in [0.25, 0.3) is 28.0 Å². The summed E-state index contributed by atoms with van der Waals surface area (Å²) in [5, 5.41) is 0.635. The summed E-state index contributed by atoms with van der Waals surface area (Å²) in [5.74, 6) is 0.694. The molecule has 57 heavy (non-hydrogen) atoms. The summed E-state index contributed by atoms with van der Waals surface area (Å²) in [6.07, 6.45) is -6.60. The van der Waals surface area contributed by atoms with Crippen LogP contribution in [-0.4, -0.2) is 27.2 Å². The number of amides is 1. The van der Waals surface area contributed by atoms with Gasteiger partial charge in [0.25, 0.3) is 5.91 Å². The molecule has 6 aromatic rings. The fourth-order valence-electron chi connectivity index (χ4n) is 8.42. The van der Waals surface area contributed by atoms with Gasteiger partial charge in [-0.2, -0.15) is 26.3 Å². The summed E-state index contributed by atoms with van der Waals surface area (Å²) in [6, 6.07) is 29.3. The molecule has 290 valence electrons. The van der Waals surface area contributed by atoms with E-state index in [1.165, 1.54) is 19.1 Å². The minimum atomic E-state index is -5.12. The van der Waals surface area contributed by atoms with Gasteiger partial charge in [0.05, 0.1) is 31.0 Å². The third-order valence-electron chi connectivity index (χ3n) is 11.0. The fraction of sp³-hybridized carbons (Fsp3) is 0.196. The third-order valence-corrected chi connectivity index (χ3v) is 11.0. The number of ether oxygens (including phenoxy) is 3. The topological polar surface area (TPSA) is 48.0 Å². The van der Waals surface area contributed by atoms with Crippen LogP contribution in [0, 0.1) is 0 Å². The lowest BCUT2D eigenvalue weighted by Gasteiger charge is -2.38. The number of alkyl halides is 6. The lowest BCUT2D eigenvalue weighted by Crippen LogP contribution is -2.35. The molecule has 5 nitrogen and oxygen atoms in total. The van der Waals surface area contributed by atoms with E-state index >= 15 is 13.2 Å². The van der Waals surface area contributed by atoms with Gasteiger partial charge in [-0.3, -0.25) is 4.79 Å². The van der Waals surface area contributed by atoms with Crippen LogP contribution in [0.5, 0.6) is 17.2 Å². The summed E-state index contributed by atoms with van der Waals surface area (Å²) >= 11 is 0. The van der Waals surface area contributed by atoms with Crippen molar-refractivity contribution in [3.63, 3.8) is 0 Å². The summed E-state index contributed by atoms with van der Waals surface area (Å²) in [4.78, 5) is 15.2. The van der Waals surface area contributed by atoms with Gasteiger partial charge in [-0.15, -0.1) is 0 Å². The minimum absolute atomic E-state index is 0.176. The SMILES string of the molecule is COc1ccc(C2(c3ccccc3)C=Cc3c4c(c5cc(N(C)C(=O)c6ccccc6)c(OC)cc5c3O2)-c2cc(C(F)(F)F)cc(C(F)(F)F)c2C4(C)C)cc1. The quantitative estimate of drug-likeness (QED) is 0.158. The molecule has 2 aliphatic rings. The van der Waals surface area contributed by atoms with E-state index in [2.05, 4.69) is 0 Å². The normalized spacial score (nSPS) is 16.7. The van der Waals surface area contributed by atoms with Crippen molar-refractivity contribution in [3.05, 3.63) is 160 Å². The lowest BCUT2D eigenvalue weighted by molar-refractivity contribution is -0.143. The van der Waals surface area contributed by atoms with Crippen LogP contribution in [0.2, 0.25) is 0 Å². The average Bonchev–Trinajstić information content (AvgIpc) is 3.45. The van der Waals surface area contributed by atoms with Gasteiger partial charge < -0.3 is 19.1 Å². The minimum Gasteiger partial charge on any atom is -0.497 e. The lowest BCUT2D eigenvalue weighted by atomic mass is 9.75. The Hall–Kier alpha value is -6.23. The van der Waals surface area contributed by atoms with Crippen LogP contribution < -0.4 is 19.1 Å². The third kappa shape index (κ3) is 5.90. The van der Waals surface area contributed by atoms with Gasteiger partial charge in [-0.25, -0.2) is 0 Å². The Kier molecular flexibility index (Phi) is 8.71. The van der Waals surface area contributed by atoms with Crippen molar-refractivity contribution in [3.8, 4) is 28.4 Å². The van der Waals surface area contributed by atoms with E-state index in [1.807, 2.05) is 48.5 Å². The Morgan fingerprint density at radius 1 is 0.719 bits per heavy atom. The average molecular weight is 780 g/mol. The number of fused-ring (bicyclic) bond motifs is 8. The second kappa shape index (κ2) is 13.2. The molecule has 0 saturated carbocycles. The largest absolute Gasteiger partial charge is 0.497 e. The Labute approximate surface area is 324 Å². The van der Waals surface area contributed by atoms with Gasteiger partial charge in [0.15, 0.2) is 5.60 Å². The van der Waals surface area contributed by atoms with Gasteiger partial charge in [0.2, 0.25) is 0 Å². The molecule has 1 unspecified atom stereocenters. The van der Waals surface area contributed by atoms with E-state index in [-0.39, 0.29) is 45.3 Å². The number of nitrogens with zero attached hydrogens (tertiary/aromatic N) is 1. The number of anilines is 1. The van der Waals surface area contributed by atoms with Gasteiger partial charge in [0, 0.05) is 40.1 Å². The molecule has 1 aliphatic carbocycles. The van der Waals surface area contributed by atoms with Crippen molar-refractivity contribution < 1.29 is 45.3 Å².